The van der Waals surface area contributed by atoms with Gasteiger partial charge >= 0.3 is 0 Å². The first-order chi connectivity index (χ1) is 8.34. The van der Waals surface area contributed by atoms with Gasteiger partial charge in [0.25, 0.3) is 0 Å². The standard InChI is InChI=1S/C13H25N3O.2ClH/c17-13(11-12-5-4-6-14-12)15-7-10-16-8-2-1-3-9-16;;/h12,14H,1-11H2,(H,15,17);2*1H. The van der Waals surface area contributed by atoms with Crippen LogP contribution in [-0.4, -0.2) is 49.6 Å². The number of halogens is 2. The molecular formula is C13H27Cl2N3O. The van der Waals surface area contributed by atoms with Crippen LogP contribution in [0.15, 0.2) is 0 Å². The maximum absolute atomic E-state index is 11.7. The summed E-state index contributed by atoms with van der Waals surface area (Å²) in [5, 5.41) is 6.39. The normalized spacial score (nSPS) is 23.3. The second-order valence-electron chi connectivity index (χ2n) is 5.25. The van der Waals surface area contributed by atoms with Gasteiger partial charge in [0, 0.05) is 25.6 Å². The number of nitrogens with one attached hydrogen (secondary N) is 2. The topological polar surface area (TPSA) is 44.4 Å². The Morgan fingerprint density at radius 2 is 1.89 bits per heavy atom. The highest BCUT2D eigenvalue weighted by Gasteiger charge is 2.17. The van der Waals surface area contributed by atoms with Crippen LogP contribution >= 0.6 is 24.8 Å². The molecular weight excluding hydrogens is 285 g/mol. The van der Waals surface area contributed by atoms with Crippen molar-refractivity contribution in [2.24, 2.45) is 0 Å². The summed E-state index contributed by atoms with van der Waals surface area (Å²) in [5.74, 6) is 0.210. The van der Waals surface area contributed by atoms with Crippen LogP contribution in [0.1, 0.15) is 38.5 Å². The number of carbonyl (C=O) groups excluding carboxylic acids is 1. The zero-order chi connectivity index (χ0) is 11.9. The molecule has 2 heterocycles. The molecule has 1 unspecified atom stereocenters. The number of piperidine rings is 1. The van der Waals surface area contributed by atoms with Crippen molar-refractivity contribution in [2.45, 2.75) is 44.6 Å². The second kappa shape index (κ2) is 10.7. The molecule has 0 aromatic heterocycles. The molecule has 4 nitrogen and oxygen atoms in total. The van der Waals surface area contributed by atoms with Gasteiger partial charge in [-0.05, 0) is 45.3 Å². The van der Waals surface area contributed by atoms with Gasteiger partial charge in [0.2, 0.25) is 5.91 Å². The number of carbonyl (C=O) groups is 1. The summed E-state index contributed by atoms with van der Waals surface area (Å²) in [7, 11) is 0. The molecule has 2 rings (SSSR count). The van der Waals surface area contributed by atoms with Gasteiger partial charge in [-0.3, -0.25) is 4.79 Å². The first kappa shape index (κ1) is 19.0. The van der Waals surface area contributed by atoms with E-state index in [2.05, 4.69) is 15.5 Å². The smallest absolute Gasteiger partial charge is 0.221 e. The van der Waals surface area contributed by atoms with Crippen LogP contribution in [0.3, 0.4) is 0 Å². The van der Waals surface area contributed by atoms with E-state index in [0.29, 0.717) is 12.5 Å². The van der Waals surface area contributed by atoms with Gasteiger partial charge in [0.05, 0.1) is 0 Å². The maximum atomic E-state index is 11.7. The summed E-state index contributed by atoms with van der Waals surface area (Å²) < 4.78 is 0. The predicted molar refractivity (Wildman–Crippen MR) is 83.4 cm³/mol. The SMILES string of the molecule is Cl.Cl.O=C(CC1CCCN1)NCCN1CCCCC1. The van der Waals surface area contributed by atoms with Crippen LogP contribution in [0.2, 0.25) is 0 Å². The minimum atomic E-state index is 0. The third-order valence-electron chi connectivity index (χ3n) is 3.79. The van der Waals surface area contributed by atoms with Crippen molar-refractivity contribution in [3.8, 4) is 0 Å². The Morgan fingerprint density at radius 1 is 1.16 bits per heavy atom. The van der Waals surface area contributed by atoms with Gasteiger partial charge < -0.3 is 15.5 Å². The minimum Gasteiger partial charge on any atom is -0.355 e. The van der Waals surface area contributed by atoms with Gasteiger partial charge in [-0.2, -0.15) is 0 Å². The highest BCUT2D eigenvalue weighted by atomic mass is 35.5. The Balaban J connectivity index is 0.00000162. The van der Waals surface area contributed by atoms with Crippen molar-refractivity contribution < 1.29 is 4.79 Å². The lowest BCUT2D eigenvalue weighted by Gasteiger charge is -2.26. The molecule has 6 heteroatoms. The lowest BCUT2D eigenvalue weighted by atomic mass is 10.1. The number of hydrogen-bond donors (Lipinski definition) is 2. The van der Waals surface area contributed by atoms with E-state index in [1.807, 2.05) is 0 Å². The van der Waals surface area contributed by atoms with Gasteiger partial charge in [-0.1, -0.05) is 6.42 Å². The summed E-state index contributed by atoms with van der Waals surface area (Å²) in [6, 6.07) is 0.421. The molecule has 19 heavy (non-hydrogen) atoms. The molecule has 0 aliphatic carbocycles. The first-order valence-corrected chi connectivity index (χ1v) is 7.07. The Labute approximate surface area is 128 Å². The fourth-order valence-corrected chi connectivity index (χ4v) is 2.76. The van der Waals surface area contributed by atoms with E-state index in [4.69, 9.17) is 0 Å². The summed E-state index contributed by atoms with van der Waals surface area (Å²) in [5.41, 5.74) is 0. The lowest BCUT2D eigenvalue weighted by molar-refractivity contribution is -0.121. The predicted octanol–water partition coefficient (Wildman–Crippen LogP) is 1.57. The van der Waals surface area contributed by atoms with Gasteiger partial charge in [0.15, 0.2) is 0 Å². The summed E-state index contributed by atoms with van der Waals surface area (Å²) in [4.78, 5) is 14.1. The van der Waals surface area contributed by atoms with Crippen LogP contribution in [0.5, 0.6) is 0 Å². The van der Waals surface area contributed by atoms with Crippen molar-refractivity contribution in [3.05, 3.63) is 0 Å². The van der Waals surface area contributed by atoms with Gasteiger partial charge in [0.1, 0.15) is 0 Å². The molecule has 2 aliphatic rings. The molecule has 0 aromatic rings. The van der Waals surface area contributed by atoms with Crippen LogP contribution in [0, 0.1) is 0 Å². The number of nitrogens with zero attached hydrogens (tertiary/aromatic N) is 1. The molecule has 0 saturated carbocycles. The number of hydrogen-bond acceptors (Lipinski definition) is 3. The number of rotatable bonds is 5. The average Bonchev–Trinajstić information content (AvgIpc) is 2.83. The highest BCUT2D eigenvalue weighted by Crippen LogP contribution is 2.09. The molecule has 114 valence electrons. The lowest BCUT2D eigenvalue weighted by Crippen LogP contribution is -2.39. The highest BCUT2D eigenvalue weighted by molar-refractivity contribution is 5.85. The third kappa shape index (κ3) is 7.35. The van der Waals surface area contributed by atoms with Crippen LogP contribution in [-0.2, 0) is 4.79 Å². The molecule has 0 aromatic carbocycles. The molecule has 2 saturated heterocycles. The van der Waals surface area contributed by atoms with Crippen LogP contribution in [0.4, 0.5) is 0 Å². The number of amides is 1. The Hall–Kier alpha value is -0.0300. The zero-order valence-electron chi connectivity index (χ0n) is 11.5. The Morgan fingerprint density at radius 3 is 2.53 bits per heavy atom. The zero-order valence-corrected chi connectivity index (χ0v) is 13.2. The Bertz CT molecular complexity index is 242. The van der Waals surface area contributed by atoms with E-state index in [1.165, 1.54) is 38.8 Å². The first-order valence-electron chi connectivity index (χ1n) is 7.07. The van der Waals surface area contributed by atoms with E-state index in [0.717, 1.165) is 26.1 Å². The fraction of sp³-hybridized carbons (Fsp3) is 0.923. The van der Waals surface area contributed by atoms with Crippen molar-refractivity contribution in [1.82, 2.24) is 15.5 Å². The molecule has 1 amide bonds. The molecule has 0 spiro atoms. The van der Waals surface area contributed by atoms with Crippen LogP contribution < -0.4 is 10.6 Å². The molecule has 2 N–H and O–H groups in total. The quantitative estimate of drug-likeness (QED) is 0.810. The van der Waals surface area contributed by atoms with E-state index < -0.39 is 0 Å². The molecule has 2 aliphatic heterocycles. The Kier molecular flexibility index (Phi) is 10.7. The van der Waals surface area contributed by atoms with Crippen molar-refractivity contribution in [2.75, 3.05) is 32.7 Å². The maximum Gasteiger partial charge on any atom is 0.221 e. The average molecular weight is 312 g/mol. The van der Waals surface area contributed by atoms with Gasteiger partial charge in [-0.15, -0.1) is 24.8 Å². The number of likely N-dealkylation sites (tertiary alicyclic amines) is 1. The van der Waals surface area contributed by atoms with Crippen molar-refractivity contribution >= 4 is 30.7 Å². The largest absolute Gasteiger partial charge is 0.355 e. The third-order valence-corrected chi connectivity index (χ3v) is 3.79. The molecule has 0 bridgehead atoms. The van der Waals surface area contributed by atoms with E-state index >= 15 is 0 Å². The molecule has 1 atom stereocenters. The summed E-state index contributed by atoms with van der Waals surface area (Å²) in [6.45, 7) is 5.32. The van der Waals surface area contributed by atoms with Crippen LogP contribution in [0.25, 0.3) is 0 Å². The molecule has 2 fully saturated rings. The summed E-state index contributed by atoms with van der Waals surface area (Å²) in [6.07, 6.45) is 7.03. The second-order valence-corrected chi connectivity index (χ2v) is 5.25. The van der Waals surface area contributed by atoms with Gasteiger partial charge in [-0.25, -0.2) is 0 Å². The van der Waals surface area contributed by atoms with E-state index in [1.54, 1.807) is 0 Å². The monoisotopic (exact) mass is 311 g/mol. The van der Waals surface area contributed by atoms with Crippen molar-refractivity contribution in [3.63, 3.8) is 0 Å². The van der Waals surface area contributed by atoms with E-state index in [9.17, 15) is 4.79 Å². The molecule has 0 radical (unpaired) electrons. The fourth-order valence-electron chi connectivity index (χ4n) is 2.76. The van der Waals surface area contributed by atoms with Crippen molar-refractivity contribution in [1.29, 1.82) is 0 Å². The minimum absolute atomic E-state index is 0. The van der Waals surface area contributed by atoms with E-state index in [-0.39, 0.29) is 30.7 Å². The summed E-state index contributed by atoms with van der Waals surface area (Å²) >= 11 is 0.